The monoisotopic (exact) mass is 383 g/mol. The molecule has 4 rings (SSSR count). The van der Waals surface area contributed by atoms with Gasteiger partial charge in [-0.3, -0.25) is 9.69 Å². The summed E-state index contributed by atoms with van der Waals surface area (Å²) in [6, 6.07) is 12.7. The predicted molar refractivity (Wildman–Crippen MR) is 108 cm³/mol. The number of benzene rings is 1. The van der Waals surface area contributed by atoms with Gasteiger partial charge in [-0.15, -0.1) is 22.7 Å². The molecule has 6 heteroatoms. The summed E-state index contributed by atoms with van der Waals surface area (Å²) in [7, 11) is 0. The largest absolute Gasteiger partial charge is 0.335 e. The lowest BCUT2D eigenvalue weighted by Gasteiger charge is -2.34. The average molecular weight is 384 g/mol. The van der Waals surface area contributed by atoms with Gasteiger partial charge in [-0.1, -0.05) is 35.9 Å². The van der Waals surface area contributed by atoms with Crippen LogP contribution in [0.5, 0.6) is 0 Å². The number of aryl methyl sites for hydroxylation is 1. The van der Waals surface area contributed by atoms with E-state index in [1.165, 1.54) is 11.1 Å². The number of amides is 1. The highest BCUT2D eigenvalue weighted by molar-refractivity contribution is 7.20. The van der Waals surface area contributed by atoms with Crippen LogP contribution in [0.25, 0.3) is 9.88 Å². The highest BCUT2D eigenvalue weighted by atomic mass is 32.1. The van der Waals surface area contributed by atoms with Crippen LogP contribution in [0.4, 0.5) is 0 Å². The first-order valence-electron chi connectivity index (χ1n) is 8.75. The highest BCUT2D eigenvalue weighted by Crippen LogP contribution is 2.28. The van der Waals surface area contributed by atoms with Gasteiger partial charge in [0.1, 0.15) is 10.7 Å². The summed E-state index contributed by atoms with van der Waals surface area (Å²) < 4.78 is 0. The van der Waals surface area contributed by atoms with Gasteiger partial charge in [0.05, 0.1) is 4.88 Å². The Morgan fingerprint density at radius 3 is 2.69 bits per heavy atom. The van der Waals surface area contributed by atoms with Crippen molar-refractivity contribution in [2.45, 2.75) is 13.5 Å². The molecule has 0 bridgehead atoms. The van der Waals surface area contributed by atoms with Crippen molar-refractivity contribution in [3.8, 4) is 9.88 Å². The summed E-state index contributed by atoms with van der Waals surface area (Å²) in [5.41, 5.74) is 3.21. The Kier molecular flexibility index (Phi) is 5.15. The molecule has 0 N–H and O–H groups in total. The number of rotatable bonds is 4. The molecule has 1 saturated heterocycles. The molecule has 1 aromatic carbocycles. The van der Waals surface area contributed by atoms with E-state index >= 15 is 0 Å². The van der Waals surface area contributed by atoms with E-state index in [1.54, 1.807) is 22.7 Å². The molecular weight excluding hydrogens is 362 g/mol. The third-order valence-electron chi connectivity index (χ3n) is 4.60. The zero-order valence-electron chi connectivity index (χ0n) is 14.7. The number of carbonyl (C=O) groups excluding carboxylic acids is 1. The van der Waals surface area contributed by atoms with Gasteiger partial charge >= 0.3 is 0 Å². The van der Waals surface area contributed by atoms with E-state index in [-0.39, 0.29) is 5.91 Å². The molecule has 0 aliphatic carbocycles. The highest BCUT2D eigenvalue weighted by Gasteiger charge is 2.24. The fraction of sp³-hybridized carbons (Fsp3) is 0.300. The van der Waals surface area contributed by atoms with E-state index in [4.69, 9.17) is 0 Å². The Bertz CT molecular complexity index is 880. The topological polar surface area (TPSA) is 36.4 Å². The minimum Gasteiger partial charge on any atom is -0.335 e. The zero-order chi connectivity index (χ0) is 17.9. The van der Waals surface area contributed by atoms with Gasteiger partial charge in [0.15, 0.2) is 0 Å². The standard InChI is InChI=1S/C20H21N3OS2/c1-15-4-2-5-16(12-15)13-22-7-9-23(10-8-22)20(24)17-14-26-19(21-17)18-6-3-11-25-18/h2-6,11-12,14H,7-10,13H2,1H3. The Labute approximate surface area is 161 Å². The van der Waals surface area contributed by atoms with Gasteiger partial charge in [0.25, 0.3) is 5.91 Å². The van der Waals surface area contributed by atoms with E-state index in [9.17, 15) is 4.79 Å². The van der Waals surface area contributed by atoms with Crippen molar-refractivity contribution in [3.63, 3.8) is 0 Å². The third-order valence-corrected chi connectivity index (χ3v) is 6.48. The Balaban J connectivity index is 1.35. The molecule has 26 heavy (non-hydrogen) atoms. The smallest absolute Gasteiger partial charge is 0.273 e. The molecule has 0 atom stereocenters. The fourth-order valence-corrected chi connectivity index (χ4v) is 4.83. The maximum atomic E-state index is 12.7. The molecule has 0 radical (unpaired) electrons. The molecule has 4 nitrogen and oxygen atoms in total. The second-order valence-corrected chi connectivity index (χ2v) is 8.38. The van der Waals surface area contributed by atoms with Crippen LogP contribution >= 0.6 is 22.7 Å². The number of hydrogen-bond donors (Lipinski definition) is 0. The van der Waals surface area contributed by atoms with Crippen molar-refractivity contribution < 1.29 is 4.79 Å². The minimum atomic E-state index is 0.0549. The van der Waals surface area contributed by atoms with Crippen LogP contribution in [-0.2, 0) is 6.54 Å². The van der Waals surface area contributed by atoms with Crippen LogP contribution in [0, 0.1) is 6.92 Å². The van der Waals surface area contributed by atoms with Crippen molar-refractivity contribution in [2.24, 2.45) is 0 Å². The molecular formula is C20H21N3OS2. The lowest BCUT2D eigenvalue weighted by Crippen LogP contribution is -2.48. The average Bonchev–Trinajstić information content (AvgIpc) is 3.33. The van der Waals surface area contributed by atoms with Crippen molar-refractivity contribution in [2.75, 3.05) is 26.2 Å². The molecule has 0 saturated carbocycles. The van der Waals surface area contributed by atoms with Crippen LogP contribution in [0.1, 0.15) is 21.6 Å². The summed E-state index contributed by atoms with van der Waals surface area (Å²) in [5.74, 6) is 0.0549. The molecule has 1 aliphatic rings. The Hall–Kier alpha value is -2.02. The number of carbonyl (C=O) groups is 1. The quantitative estimate of drug-likeness (QED) is 0.679. The molecule has 0 spiro atoms. The number of nitrogens with zero attached hydrogens (tertiary/aromatic N) is 3. The predicted octanol–water partition coefficient (Wildman–Crippen LogP) is 4.14. The summed E-state index contributed by atoms with van der Waals surface area (Å²) in [4.78, 5) is 22.8. The molecule has 0 unspecified atom stereocenters. The lowest BCUT2D eigenvalue weighted by molar-refractivity contribution is 0.0623. The maximum Gasteiger partial charge on any atom is 0.273 e. The summed E-state index contributed by atoms with van der Waals surface area (Å²) in [5, 5.41) is 4.85. The van der Waals surface area contributed by atoms with Crippen LogP contribution in [0.2, 0.25) is 0 Å². The molecule has 3 heterocycles. The van der Waals surface area contributed by atoms with Crippen LogP contribution in [0.15, 0.2) is 47.2 Å². The van der Waals surface area contributed by atoms with Crippen molar-refractivity contribution in [3.05, 3.63) is 64.0 Å². The van der Waals surface area contributed by atoms with Crippen molar-refractivity contribution in [1.82, 2.24) is 14.8 Å². The fourth-order valence-electron chi connectivity index (χ4n) is 3.23. The van der Waals surface area contributed by atoms with Gasteiger partial charge in [-0.05, 0) is 23.9 Å². The molecule has 1 amide bonds. The number of thiophene rings is 1. The lowest BCUT2D eigenvalue weighted by atomic mass is 10.1. The van der Waals surface area contributed by atoms with Crippen LogP contribution in [0.3, 0.4) is 0 Å². The van der Waals surface area contributed by atoms with Gasteiger partial charge in [0.2, 0.25) is 0 Å². The van der Waals surface area contributed by atoms with Crippen LogP contribution < -0.4 is 0 Å². The van der Waals surface area contributed by atoms with Gasteiger partial charge in [-0.25, -0.2) is 4.98 Å². The van der Waals surface area contributed by atoms with Gasteiger partial charge in [0, 0.05) is 38.1 Å². The number of piperazine rings is 1. The Morgan fingerprint density at radius 1 is 1.12 bits per heavy atom. The normalized spacial score (nSPS) is 15.3. The van der Waals surface area contributed by atoms with Crippen molar-refractivity contribution in [1.29, 1.82) is 0 Å². The first-order chi connectivity index (χ1) is 12.7. The number of hydrogen-bond acceptors (Lipinski definition) is 5. The number of thiazole rings is 1. The minimum absolute atomic E-state index is 0.0549. The Morgan fingerprint density at radius 2 is 1.96 bits per heavy atom. The SMILES string of the molecule is Cc1cccc(CN2CCN(C(=O)c3csc(-c4cccs4)n3)CC2)c1. The van der Waals surface area contributed by atoms with Crippen LogP contribution in [-0.4, -0.2) is 46.9 Å². The summed E-state index contributed by atoms with van der Waals surface area (Å²) >= 11 is 3.20. The molecule has 3 aromatic rings. The first-order valence-corrected chi connectivity index (χ1v) is 10.5. The first kappa shape index (κ1) is 17.4. The third kappa shape index (κ3) is 3.87. The maximum absolute atomic E-state index is 12.7. The molecule has 1 fully saturated rings. The molecule has 2 aromatic heterocycles. The summed E-state index contributed by atoms with van der Waals surface area (Å²) in [6.45, 7) is 6.40. The molecule has 134 valence electrons. The van der Waals surface area contributed by atoms with E-state index in [2.05, 4.69) is 41.1 Å². The van der Waals surface area contributed by atoms with E-state index in [0.717, 1.165) is 42.6 Å². The van der Waals surface area contributed by atoms with E-state index in [1.807, 2.05) is 27.8 Å². The second-order valence-electron chi connectivity index (χ2n) is 6.57. The van der Waals surface area contributed by atoms with Crippen molar-refractivity contribution >= 4 is 28.6 Å². The van der Waals surface area contributed by atoms with Gasteiger partial charge < -0.3 is 4.90 Å². The second kappa shape index (κ2) is 7.70. The zero-order valence-corrected chi connectivity index (χ0v) is 16.4. The van der Waals surface area contributed by atoms with E-state index < -0.39 is 0 Å². The van der Waals surface area contributed by atoms with Gasteiger partial charge in [-0.2, -0.15) is 0 Å². The molecule has 1 aliphatic heterocycles. The summed E-state index contributed by atoms with van der Waals surface area (Å²) in [6.07, 6.45) is 0. The van der Waals surface area contributed by atoms with E-state index in [0.29, 0.717) is 5.69 Å². The number of aromatic nitrogens is 1.